The molecule has 0 aliphatic heterocycles. The predicted molar refractivity (Wildman–Crippen MR) is 91.6 cm³/mol. The molecule has 0 saturated heterocycles. The van der Waals surface area contributed by atoms with Gasteiger partial charge in [-0.25, -0.2) is 0 Å². The summed E-state index contributed by atoms with van der Waals surface area (Å²) in [5.74, 6) is 0. The molecule has 3 rings (SSSR count). The lowest BCUT2D eigenvalue weighted by atomic mass is 9.98. The highest BCUT2D eigenvalue weighted by Crippen LogP contribution is 2.22. The van der Waals surface area contributed by atoms with E-state index in [2.05, 4.69) is 60.4 Å². The number of rotatable bonds is 4. The van der Waals surface area contributed by atoms with Crippen molar-refractivity contribution in [3.63, 3.8) is 0 Å². The van der Waals surface area contributed by atoms with Gasteiger partial charge in [0.2, 0.25) is 0 Å². The van der Waals surface area contributed by atoms with E-state index in [0.29, 0.717) is 0 Å². The number of hydrogen-bond donors (Lipinski definition) is 1. The van der Waals surface area contributed by atoms with Gasteiger partial charge in [0.1, 0.15) is 0 Å². The van der Waals surface area contributed by atoms with Crippen molar-refractivity contribution in [2.24, 2.45) is 5.73 Å². The first kappa shape index (κ1) is 14.7. The van der Waals surface area contributed by atoms with Crippen molar-refractivity contribution in [2.75, 3.05) is 14.1 Å². The molecule has 112 valence electrons. The third kappa shape index (κ3) is 3.16. The van der Waals surface area contributed by atoms with Crippen LogP contribution < -0.4 is 5.73 Å². The van der Waals surface area contributed by atoms with Gasteiger partial charge in [-0.1, -0.05) is 42.5 Å². The summed E-state index contributed by atoms with van der Waals surface area (Å²) in [7, 11) is 4.14. The monoisotopic (exact) mass is 291 g/mol. The zero-order valence-electron chi connectivity index (χ0n) is 13.0. The van der Waals surface area contributed by atoms with Crippen LogP contribution in [-0.2, 0) is 6.54 Å². The largest absolute Gasteiger partial charge is 0.320 e. The normalized spacial score (nSPS) is 12.7. The molecule has 1 aromatic heterocycles. The first-order chi connectivity index (χ1) is 10.6. The zero-order chi connectivity index (χ0) is 15.5. The van der Waals surface area contributed by atoms with Crippen molar-refractivity contribution in [3.05, 3.63) is 77.5 Å². The first-order valence-electron chi connectivity index (χ1n) is 7.47. The smallest absolute Gasteiger partial charge is 0.0702 e. The second kappa shape index (κ2) is 6.26. The minimum absolute atomic E-state index is 0.148. The van der Waals surface area contributed by atoms with Gasteiger partial charge in [0.25, 0.3) is 0 Å². The Hall–Kier alpha value is -2.23. The lowest BCUT2D eigenvalue weighted by Gasteiger charge is -2.15. The van der Waals surface area contributed by atoms with Crippen molar-refractivity contribution in [1.29, 1.82) is 0 Å². The van der Waals surface area contributed by atoms with Crippen LogP contribution in [0.2, 0.25) is 0 Å². The molecule has 0 fully saturated rings. The molecule has 1 atom stereocenters. The fourth-order valence-corrected chi connectivity index (χ4v) is 2.65. The summed E-state index contributed by atoms with van der Waals surface area (Å²) in [6, 6.07) is 18.6. The number of para-hydroxylation sites is 1. The van der Waals surface area contributed by atoms with E-state index in [1.807, 2.05) is 24.4 Å². The lowest BCUT2D eigenvalue weighted by Crippen LogP contribution is -2.13. The molecule has 0 aliphatic carbocycles. The molecular weight excluding hydrogens is 270 g/mol. The van der Waals surface area contributed by atoms with Gasteiger partial charge >= 0.3 is 0 Å². The van der Waals surface area contributed by atoms with Crippen LogP contribution in [0.4, 0.5) is 0 Å². The fraction of sp³-hybridized carbons (Fsp3) is 0.211. The number of hydrogen-bond acceptors (Lipinski definition) is 3. The van der Waals surface area contributed by atoms with Gasteiger partial charge < -0.3 is 10.6 Å². The second-order valence-electron chi connectivity index (χ2n) is 5.92. The molecule has 0 aliphatic rings. The summed E-state index contributed by atoms with van der Waals surface area (Å²) in [4.78, 5) is 6.65. The predicted octanol–water partition coefficient (Wildman–Crippen LogP) is 3.34. The molecule has 0 saturated carbocycles. The van der Waals surface area contributed by atoms with Crippen LogP contribution >= 0.6 is 0 Å². The van der Waals surface area contributed by atoms with Gasteiger partial charge in [0.05, 0.1) is 11.6 Å². The maximum atomic E-state index is 6.41. The molecule has 0 bridgehead atoms. The molecule has 0 spiro atoms. The van der Waals surface area contributed by atoms with Crippen LogP contribution in [0, 0.1) is 0 Å². The SMILES string of the molecule is CN(C)Cc1ccc(C(N)c2cnc3ccccc3c2)cc1. The number of aromatic nitrogens is 1. The Morgan fingerprint density at radius 1 is 1.00 bits per heavy atom. The summed E-state index contributed by atoms with van der Waals surface area (Å²) in [5, 5.41) is 1.12. The minimum atomic E-state index is -0.148. The quantitative estimate of drug-likeness (QED) is 0.801. The Labute approximate surface area is 131 Å². The van der Waals surface area contributed by atoms with Crippen LogP contribution in [0.5, 0.6) is 0 Å². The van der Waals surface area contributed by atoms with Gasteiger partial charge in [0.15, 0.2) is 0 Å². The molecule has 2 aromatic carbocycles. The number of fused-ring (bicyclic) bond motifs is 1. The van der Waals surface area contributed by atoms with Gasteiger partial charge in [0, 0.05) is 18.1 Å². The van der Waals surface area contributed by atoms with Crippen LogP contribution in [0.15, 0.2) is 60.8 Å². The molecule has 0 radical (unpaired) electrons. The van der Waals surface area contributed by atoms with Crippen molar-refractivity contribution in [1.82, 2.24) is 9.88 Å². The van der Waals surface area contributed by atoms with E-state index in [1.54, 1.807) is 0 Å². The summed E-state index contributed by atoms with van der Waals surface area (Å²) in [6.45, 7) is 0.938. The van der Waals surface area contributed by atoms with Gasteiger partial charge in [-0.3, -0.25) is 4.98 Å². The molecule has 3 heteroatoms. The van der Waals surface area contributed by atoms with E-state index in [-0.39, 0.29) is 6.04 Å². The van der Waals surface area contributed by atoms with E-state index in [0.717, 1.165) is 28.6 Å². The third-order valence-corrected chi connectivity index (χ3v) is 3.81. The Morgan fingerprint density at radius 3 is 2.45 bits per heavy atom. The molecule has 1 heterocycles. The van der Waals surface area contributed by atoms with Crippen molar-refractivity contribution >= 4 is 10.9 Å². The minimum Gasteiger partial charge on any atom is -0.320 e. The van der Waals surface area contributed by atoms with E-state index in [1.165, 1.54) is 5.56 Å². The van der Waals surface area contributed by atoms with Crippen molar-refractivity contribution in [3.8, 4) is 0 Å². The standard InChI is InChI=1S/C19H21N3/c1-22(2)13-14-7-9-15(10-8-14)19(20)17-11-16-5-3-4-6-18(16)21-12-17/h3-12,19H,13,20H2,1-2H3. The van der Waals surface area contributed by atoms with Gasteiger partial charge in [-0.2, -0.15) is 0 Å². The van der Waals surface area contributed by atoms with E-state index < -0.39 is 0 Å². The zero-order valence-corrected chi connectivity index (χ0v) is 13.0. The number of nitrogens with two attached hydrogens (primary N) is 1. The fourth-order valence-electron chi connectivity index (χ4n) is 2.65. The van der Waals surface area contributed by atoms with Crippen LogP contribution in [0.25, 0.3) is 10.9 Å². The first-order valence-corrected chi connectivity index (χ1v) is 7.47. The summed E-state index contributed by atoms with van der Waals surface area (Å²) in [6.07, 6.45) is 1.88. The van der Waals surface area contributed by atoms with Crippen molar-refractivity contribution < 1.29 is 0 Å². The van der Waals surface area contributed by atoms with Crippen molar-refractivity contribution in [2.45, 2.75) is 12.6 Å². The highest BCUT2D eigenvalue weighted by Gasteiger charge is 2.10. The number of nitrogens with zero attached hydrogens (tertiary/aromatic N) is 2. The molecule has 3 nitrogen and oxygen atoms in total. The maximum absolute atomic E-state index is 6.41. The topological polar surface area (TPSA) is 42.1 Å². The van der Waals surface area contributed by atoms with E-state index in [9.17, 15) is 0 Å². The maximum Gasteiger partial charge on any atom is 0.0702 e. The Bertz CT molecular complexity index is 763. The Balaban J connectivity index is 1.86. The lowest BCUT2D eigenvalue weighted by molar-refractivity contribution is 0.402. The van der Waals surface area contributed by atoms with Crippen LogP contribution in [0.3, 0.4) is 0 Å². The molecule has 3 aromatic rings. The van der Waals surface area contributed by atoms with Gasteiger partial charge in [-0.05, 0) is 42.9 Å². The van der Waals surface area contributed by atoms with E-state index in [4.69, 9.17) is 5.73 Å². The molecule has 1 unspecified atom stereocenters. The summed E-state index contributed by atoms with van der Waals surface area (Å²) in [5.41, 5.74) is 10.8. The average molecular weight is 291 g/mol. The van der Waals surface area contributed by atoms with E-state index >= 15 is 0 Å². The second-order valence-corrected chi connectivity index (χ2v) is 5.92. The molecule has 2 N–H and O–H groups in total. The summed E-state index contributed by atoms with van der Waals surface area (Å²) >= 11 is 0. The number of benzene rings is 2. The Morgan fingerprint density at radius 2 is 1.73 bits per heavy atom. The van der Waals surface area contributed by atoms with Gasteiger partial charge in [-0.15, -0.1) is 0 Å². The number of pyridine rings is 1. The highest BCUT2D eigenvalue weighted by atomic mass is 15.0. The molecular formula is C19H21N3. The molecule has 22 heavy (non-hydrogen) atoms. The Kier molecular flexibility index (Phi) is 4.18. The van der Waals surface area contributed by atoms with Crippen LogP contribution in [0.1, 0.15) is 22.7 Å². The van der Waals surface area contributed by atoms with Crippen LogP contribution in [-0.4, -0.2) is 24.0 Å². The molecule has 0 amide bonds. The average Bonchev–Trinajstić information content (AvgIpc) is 2.54. The highest BCUT2D eigenvalue weighted by molar-refractivity contribution is 5.78. The summed E-state index contributed by atoms with van der Waals surface area (Å²) < 4.78 is 0. The third-order valence-electron chi connectivity index (χ3n) is 3.81.